The zero-order chi connectivity index (χ0) is 13.1. The molecule has 5 nitrogen and oxygen atoms in total. The Hall–Kier alpha value is -1.36. The van der Waals surface area contributed by atoms with E-state index in [9.17, 15) is 9.90 Å². The Balaban J connectivity index is 2.92. The lowest BCUT2D eigenvalue weighted by molar-refractivity contribution is 0.0816. The quantitative estimate of drug-likeness (QED) is 0.819. The summed E-state index contributed by atoms with van der Waals surface area (Å²) in [5.74, 6) is 0.262. The van der Waals surface area contributed by atoms with Gasteiger partial charge in [0.25, 0.3) is 5.91 Å². The molecule has 5 heteroatoms. The van der Waals surface area contributed by atoms with E-state index in [0.717, 1.165) is 0 Å². The Morgan fingerprint density at radius 2 is 2.00 bits per heavy atom. The van der Waals surface area contributed by atoms with Crippen molar-refractivity contribution in [3.05, 3.63) is 17.0 Å². The highest BCUT2D eigenvalue weighted by molar-refractivity contribution is 5.96. The van der Waals surface area contributed by atoms with E-state index >= 15 is 0 Å². The maximum atomic E-state index is 12.1. The molecule has 0 aromatic carbocycles. The molecular formula is C12H20N2O3. The average Bonchev–Trinajstić information content (AvgIpc) is 2.66. The molecule has 0 bridgehead atoms. The van der Waals surface area contributed by atoms with E-state index in [1.807, 2.05) is 13.8 Å². The Labute approximate surface area is 101 Å². The maximum absolute atomic E-state index is 12.1. The van der Waals surface area contributed by atoms with Gasteiger partial charge in [0.05, 0.1) is 17.8 Å². The lowest BCUT2D eigenvalue weighted by atomic mass is 9.93. The molecule has 0 spiro atoms. The van der Waals surface area contributed by atoms with Crippen molar-refractivity contribution >= 4 is 5.91 Å². The standard InChI is InChI=1S/C12H20N2O3/c1-5-12(6-2,7-15)13-11(16)10-8(3)14-17-9(10)4/h15H,5-7H2,1-4H3,(H,13,16). The van der Waals surface area contributed by atoms with Crippen LogP contribution in [0.1, 0.15) is 48.5 Å². The maximum Gasteiger partial charge on any atom is 0.257 e. The third-order valence-corrected chi connectivity index (χ3v) is 3.30. The average molecular weight is 240 g/mol. The number of aliphatic hydroxyl groups is 1. The van der Waals surface area contributed by atoms with Crippen LogP contribution in [0.4, 0.5) is 0 Å². The van der Waals surface area contributed by atoms with E-state index in [-0.39, 0.29) is 12.5 Å². The second kappa shape index (κ2) is 5.31. The van der Waals surface area contributed by atoms with Gasteiger partial charge in [0, 0.05) is 0 Å². The molecule has 0 unspecified atom stereocenters. The number of nitrogens with zero attached hydrogens (tertiary/aromatic N) is 1. The first-order valence-electron chi connectivity index (χ1n) is 5.86. The summed E-state index contributed by atoms with van der Waals surface area (Å²) in [5, 5.41) is 16.0. The number of nitrogens with one attached hydrogen (secondary N) is 1. The second-order valence-electron chi connectivity index (χ2n) is 4.30. The Morgan fingerprint density at radius 1 is 1.41 bits per heavy atom. The minimum atomic E-state index is -0.562. The monoisotopic (exact) mass is 240 g/mol. The van der Waals surface area contributed by atoms with E-state index in [1.54, 1.807) is 13.8 Å². The van der Waals surface area contributed by atoms with Crippen LogP contribution < -0.4 is 5.32 Å². The zero-order valence-corrected chi connectivity index (χ0v) is 10.8. The van der Waals surface area contributed by atoms with Crippen molar-refractivity contribution in [2.75, 3.05) is 6.61 Å². The van der Waals surface area contributed by atoms with Gasteiger partial charge in [-0.2, -0.15) is 0 Å². The molecule has 0 radical (unpaired) electrons. The van der Waals surface area contributed by atoms with Crippen LogP contribution in [-0.4, -0.2) is 28.3 Å². The molecule has 96 valence electrons. The van der Waals surface area contributed by atoms with Crippen molar-refractivity contribution in [3.8, 4) is 0 Å². The highest BCUT2D eigenvalue weighted by Crippen LogP contribution is 2.18. The number of hydrogen-bond donors (Lipinski definition) is 2. The predicted molar refractivity (Wildman–Crippen MR) is 63.8 cm³/mol. The summed E-state index contributed by atoms with van der Waals surface area (Å²) in [4.78, 5) is 12.1. The molecule has 1 heterocycles. The molecule has 0 aliphatic heterocycles. The molecule has 2 N–H and O–H groups in total. The number of hydrogen-bond acceptors (Lipinski definition) is 4. The van der Waals surface area contributed by atoms with Gasteiger partial charge in [-0.05, 0) is 26.7 Å². The predicted octanol–water partition coefficient (Wildman–Crippen LogP) is 1.57. The van der Waals surface area contributed by atoms with E-state index in [1.165, 1.54) is 0 Å². The molecule has 1 aromatic heterocycles. The number of aryl methyl sites for hydroxylation is 2. The molecule has 1 rings (SSSR count). The van der Waals surface area contributed by atoms with Gasteiger partial charge in [-0.1, -0.05) is 19.0 Å². The minimum absolute atomic E-state index is 0.0743. The van der Waals surface area contributed by atoms with Gasteiger partial charge >= 0.3 is 0 Å². The van der Waals surface area contributed by atoms with Crippen LogP contribution in [0, 0.1) is 13.8 Å². The van der Waals surface area contributed by atoms with Crippen LogP contribution >= 0.6 is 0 Å². The first-order chi connectivity index (χ1) is 7.99. The number of aliphatic hydroxyl groups excluding tert-OH is 1. The van der Waals surface area contributed by atoms with Crippen LogP contribution in [0.2, 0.25) is 0 Å². The molecule has 1 aromatic rings. The molecule has 0 atom stereocenters. The van der Waals surface area contributed by atoms with Crippen LogP contribution in [0.3, 0.4) is 0 Å². The van der Waals surface area contributed by atoms with Gasteiger partial charge in [0.1, 0.15) is 11.3 Å². The Morgan fingerprint density at radius 3 is 2.35 bits per heavy atom. The number of carbonyl (C=O) groups is 1. The van der Waals surface area contributed by atoms with E-state index < -0.39 is 5.54 Å². The van der Waals surface area contributed by atoms with E-state index in [4.69, 9.17) is 4.52 Å². The van der Waals surface area contributed by atoms with E-state index in [0.29, 0.717) is 29.9 Å². The number of aromatic nitrogens is 1. The first-order valence-corrected chi connectivity index (χ1v) is 5.86. The molecule has 17 heavy (non-hydrogen) atoms. The highest BCUT2D eigenvalue weighted by Gasteiger charge is 2.29. The topological polar surface area (TPSA) is 75.4 Å². The van der Waals surface area contributed by atoms with Gasteiger partial charge in [0.2, 0.25) is 0 Å². The van der Waals surface area contributed by atoms with Crippen molar-refractivity contribution in [1.29, 1.82) is 0 Å². The van der Waals surface area contributed by atoms with Gasteiger partial charge in [-0.3, -0.25) is 4.79 Å². The fraction of sp³-hybridized carbons (Fsp3) is 0.667. The third-order valence-electron chi connectivity index (χ3n) is 3.30. The SMILES string of the molecule is CCC(CC)(CO)NC(=O)c1c(C)noc1C. The third kappa shape index (κ3) is 2.66. The molecule has 0 aliphatic rings. The van der Waals surface area contributed by atoms with E-state index in [2.05, 4.69) is 10.5 Å². The van der Waals surface area contributed by atoms with Crippen LogP contribution in [0.15, 0.2) is 4.52 Å². The van der Waals surface area contributed by atoms with Gasteiger partial charge < -0.3 is 14.9 Å². The molecule has 0 aliphatic carbocycles. The summed E-state index contributed by atoms with van der Waals surface area (Å²) in [5.41, 5.74) is 0.469. The fourth-order valence-electron chi connectivity index (χ4n) is 1.80. The Kier molecular flexibility index (Phi) is 4.28. The van der Waals surface area contributed by atoms with Gasteiger partial charge in [-0.25, -0.2) is 0 Å². The number of rotatable bonds is 5. The summed E-state index contributed by atoms with van der Waals surface area (Å²) in [6.45, 7) is 7.23. The van der Waals surface area contributed by atoms with Gasteiger partial charge in [0.15, 0.2) is 0 Å². The molecule has 0 saturated carbocycles. The van der Waals surface area contributed by atoms with Gasteiger partial charge in [-0.15, -0.1) is 0 Å². The highest BCUT2D eigenvalue weighted by atomic mass is 16.5. The summed E-state index contributed by atoms with van der Waals surface area (Å²) in [6, 6.07) is 0. The van der Waals surface area contributed by atoms with Crippen molar-refractivity contribution in [1.82, 2.24) is 10.5 Å². The molecule has 0 saturated heterocycles. The second-order valence-corrected chi connectivity index (χ2v) is 4.30. The summed E-state index contributed by atoms with van der Waals surface area (Å²) < 4.78 is 4.96. The number of carbonyl (C=O) groups excluding carboxylic acids is 1. The Bertz CT molecular complexity index is 367. The molecule has 1 amide bonds. The zero-order valence-electron chi connectivity index (χ0n) is 10.8. The lowest BCUT2D eigenvalue weighted by Crippen LogP contribution is -2.50. The largest absolute Gasteiger partial charge is 0.394 e. The van der Waals surface area contributed by atoms with Crippen LogP contribution in [0.5, 0.6) is 0 Å². The summed E-state index contributed by atoms with van der Waals surface area (Å²) in [6.07, 6.45) is 1.35. The summed E-state index contributed by atoms with van der Waals surface area (Å²) >= 11 is 0. The van der Waals surface area contributed by atoms with Crippen molar-refractivity contribution < 1.29 is 14.4 Å². The number of amides is 1. The molecular weight excluding hydrogens is 220 g/mol. The minimum Gasteiger partial charge on any atom is -0.394 e. The summed E-state index contributed by atoms with van der Waals surface area (Å²) in [7, 11) is 0. The van der Waals surface area contributed by atoms with Crippen LogP contribution in [-0.2, 0) is 0 Å². The normalized spacial score (nSPS) is 11.6. The fourth-order valence-corrected chi connectivity index (χ4v) is 1.80. The van der Waals surface area contributed by atoms with Crippen LogP contribution in [0.25, 0.3) is 0 Å². The van der Waals surface area contributed by atoms with Crippen molar-refractivity contribution in [3.63, 3.8) is 0 Å². The lowest BCUT2D eigenvalue weighted by Gasteiger charge is -2.30. The smallest absolute Gasteiger partial charge is 0.257 e. The molecule has 0 fully saturated rings. The van der Waals surface area contributed by atoms with Crippen molar-refractivity contribution in [2.24, 2.45) is 0 Å². The first kappa shape index (κ1) is 13.7. The van der Waals surface area contributed by atoms with Crippen molar-refractivity contribution in [2.45, 2.75) is 46.1 Å².